The molecule has 0 bridgehead atoms. The Kier molecular flexibility index (Phi) is 6.15. The number of nitrogens with zero attached hydrogens (tertiary/aromatic N) is 2. The average Bonchev–Trinajstić information content (AvgIpc) is 2.80. The largest absolute Gasteiger partial charge is 0.452 e. The van der Waals surface area contributed by atoms with Gasteiger partial charge in [-0.05, 0) is 54.4 Å². The van der Waals surface area contributed by atoms with Crippen molar-refractivity contribution in [2.24, 2.45) is 11.3 Å². The Morgan fingerprint density at radius 3 is 2.64 bits per heavy atom. The third kappa shape index (κ3) is 4.73. The molecule has 0 saturated carbocycles. The van der Waals surface area contributed by atoms with E-state index in [0.717, 1.165) is 41.4 Å². The van der Waals surface area contributed by atoms with Gasteiger partial charge in [0, 0.05) is 11.1 Å². The molecule has 3 aromatic rings. The molecule has 2 aromatic carbocycles. The smallest absolute Gasteiger partial charge is 0.339 e. The lowest BCUT2D eigenvalue weighted by Crippen LogP contribution is -2.29. The van der Waals surface area contributed by atoms with Crippen LogP contribution in [0.1, 0.15) is 54.4 Å². The van der Waals surface area contributed by atoms with Crippen LogP contribution in [0.2, 0.25) is 0 Å². The third-order valence-electron chi connectivity index (χ3n) is 6.34. The summed E-state index contributed by atoms with van der Waals surface area (Å²) in [6.07, 6.45) is 2.59. The minimum Gasteiger partial charge on any atom is -0.452 e. The molecule has 1 N–H and O–H groups in total. The molecule has 0 radical (unpaired) electrons. The topological polar surface area (TPSA) is 92.1 Å². The zero-order valence-electron chi connectivity index (χ0n) is 19.1. The van der Waals surface area contributed by atoms with Gasteiger partial charge in [0.1, 0.15) is 6.07 Å². The van der Waals surface area contributed by atoms with Crippen molar-refractivity contribution in [1.82, 2.24) is 4.98 Å². The molecule has 1 unspecified atom stereocenters. The molecule has 0 aliphatic heterocycles. The molecule has 33 heavy (non-hydrogen) atoms. The number of hydrogen-bond acceptors (Lipinski definition) is 5. The summed E-state index contributed by atoms with van der Waals surface area (Å²) in [5, 5.41) is 12.6. The number of carbonyl (C=O) groups excluding carboxylic acids is 2. The van der Waals surface area contributed by atoms with Gasteiger partial charge in [-0.15, -0.1) is 0 Å². The first kappa shape index (κ1) is 22.5. The van der Waals surface area contributed by atoms with Crippen molar-refractivity contribution in [1.29, 1.82) is 5.26 Å². The maximum absolute atomic E-state index is 13.3. The van der Waals surface area contributed by atoms with E-state index in [0.29, 0.717) is 22.7 Å². The van der Waals surface area contributed by atoms with Crippen LogP contribution < -0.4 is 5.32 Å². The molecule has 1 aromatic heterocycles. The Hall–Kier alpha value is -3.72. The van der Waals surface area contributed by atoms with Gasteiger partial charge in [-0.1, -0.05) is 51.1 Å². The Bertz CT molecular complexity index is 1270. The molecule has 6 heteroatoms. The number of amides is 1. The number of fused-ring (bicyclic) bond motifs is 2. The standard InChI is InChI=1S/C27H27N3O3/c1-27(2,3)18-12-13-23-20(14-18)25(19-9-5-7-11-22(19)29-23)26(32)33-16-24(31)30-21-10-6-4-8-17(21)15-28/h4-11,18H,12-14,16H2,1-3H3,(H,30,31). The number of esters is 1. The van der Waals surface area contributed by atoms with E-state index in [4.69, 9.17) is 9.72 Å². The van der Waals surface area contributed by atoms with Gasteiger partial charge >= 0.3 is 5.97 Å². The van der Waals surface area contributed by atoms with Crippen molar-refractivity contribution in [3.63, 3.8) is 0 Å². The van der Waals surface area contributed by atoms with E-state index in [2.05, 4.69) is 26.1 Å². The van der Waals surface area contributed by atoms with E-state index in [-0.39, 0.29) is 5.41 Å². The van der Waals surface area contributed by atoms with Gasteiger partial charge in [0.05, 0.1) is 22.3 Å². The van der Waals surface area contributed by atoms with Crippen LogP contribution in [0.15, 0.2) is 48.5 Å². The minimum absolute atomic E-state index is 0.110. The number of carbonyl (C=O) groups is 2. The average molecular weight is 442 g/mol. The lowest BCUT2D eigenvalue weighted by molar-refractivity contribution is -0.119. The number of para-hydroxylation sites is 2. The zero-order chi connectivity index (χ0) is 23.6. The van der Waals surface area contributed by atoms with Gasteiger partial charge in [0.15, 0.2) is 6.61 Å². The van der Waals surface area contributed by atoms with Crippen LogP contribution in [0.4, 0.5) is 5.69 Å². The van der Waals surface area contributed by atoms with E-state index < -0.39 is 18.5 Å². The fraction of sp³-hybridized carbons (Fsp3) is 0.333. The molecular weight excluding hydrogens is 414 g/mol. The first-order valence-electron chi connectivity index (χ1n) is 11.1. The van der Waals surface area contributed by atoms with Gasteiger partial charge in [0.2, 0.25) is 0 Å². The van der Waals surface area contributed by atoms with Crippen molar-refractivity contribution in [2.45, 2.75) is 40.0 Å². The summed E-state index contributed by atoms with van der Waals surface area (Å²) in [5.74, 6) is -0.598. The number of pyridine rings is 1. The maximum Gasteiger partial charge on any atom is 0.339 e. The molecule has 0 saturated heterocycles. The maximum atomic E-state index is 13.3. The highest BCUT2D eigenvalue weighted by Gasteiger charge is 2.33. The molecule has 1 atom stereocenters. The number of nitrogens with one attached hydrogen (secondary N) is 1. The fourth-order valence-corrected chi connectivity index (χ4v) is 4.44. The van der Waals surface area contributed by atoms with Gasteiger partial charge in [-0.3, -0.25) is 9.78 Å². The second-order valence-electron chi connectivity index (χ2n) is 9.52. The lowest BCUT2D eigenvalue weighted by atomic mass is 9.70. The summed E-state index contributed by atoms with van der Waals surface area (Å²) < 4.78 is 5.47. The normalized spacial score (nSPS) is 15.4. The van der Waals surface area contributed by atoms with E-state index in [1.54, 1.807) is 24.3 Å². The van der Waals surface area contributed by atoms with E-state index in [1.165, 1.54) is 0 Å². The van der Waals surface area contributed by atoms with Crippen molar-refractivity contribution >= 4 is 28.5 Å². The van der Waals surface area contributed by atoms with Crippen LogP contribution >= 0.6 is 0 Å². The summed E-state index contributed by atoms with van der Waals surface area (Å²) in [4.78, 5) is 30.6. The molecule has 6 nitrogen and oxygen atoms in total. The highest BCUT2D eigenvalue weighted by atomic mass is 16.5. The van der Waals surface area contributed by atoms with Crippen LogP contribution in [0, 0.1) is 22.7 Å². The molecule has 1 aliphatic carbocycles. The van der Waals surface area contributed by atoms with Crippen molar-refractivity contribution in [2.75, 3.05) is 11.9 Å². The molecule has 1 amide bonds. The fourth-order valence-electron chi connectivity index (χ4n) is 4.44. The van der Waals surface area contributed by atoms with Crippen molar-refractivity contribution < 1.29 is 14.3 Å². The highest BCUT2D eigenvalue weighted by Crippen LogP contribution is 2.39. The minimum atomic E-state index is -0.525. The molecule has 168 valence electrons. The number of benzene rings is 2. The summed E-state index contributed by atoms with van der Waals surface area (Å²) in [7, 11) is 0. The number of nitriles is 1. The van der Waals surface area contributed by atoms with Crippen LogP contribution in [-0.4, -0.2) is 23.5 Å². The Morgan fingerprint density at radius 2 is 1.88 bits per heavy atom. The van der Waals surface area contributed by atoms with Crippen LogP contribution in [-0.2, 0) is 22.4 Å². The van der Waals surface area contributed by atoms with Crippen LogP contribution in [0.25, 0.3) is 10.9 Å². The Morgan fingerprint density at radius 1 is 1.15 bits per heavy atom. The monoisotopic (exact) mass is 441 g/mol. The number of anilines is 1. The predicted octanol–water partition coefficient (Wildman–Crippen LogP) is 5.05. The quantitative estimate of drug-likeness (QED) is 0.572. The molecule has 1 heterocycles. The number of aromatic nitrogens is 1. The van der Waals surface area contributed by atoms with Crippen LogP contribution in [0.3, 0.4) is 0 Å². The summed E-state index contributed by atoms with van der Waals surface area (Å²) in [6, 6.07) is 16.3. The van der Waals surface area contributed by atoms with Crippen molar-refractivity contribution in [3.8, 4) is 6.07 Å². The molecule has 1 aliphatic rings. The SMILES string of the molecule is CC(C)(C)C1CCc2nc3ccccc3c(C(=O)OCC(=O)Nc3ccccc3C#N)c2C1. The molecular formula is C27H27N3O3. The first-order chi connectivity index (χ1) is 15.8. The van der Waals surface area contributed by atoms with Crippen LogP contribution in [0.5, 0.6) is 0 Å². The van der Waals surface area contributed by atoms with Gasteiger partial charge in [0.25, 0.3) is 5.91 Å². The second kappa shape index (κ2) is 9.03. The predicted molar refractivity (Wildman–Crippen MR) is 127 cm³/mol. The summed E-state index contributed by atoms with van der Waals surface area (Å²) in [6.45, 7) is 6.22. The lowest BCUT2D eigenvalue weighted by Gasteiger charge is -2.35. The zero-order valence-corrected chi connectivity index (χ0v) is 19.1. The number of rotatable bonds is 4. The summed E-state index contributed by atoms with van der Waals surface area (Å²) in [5.41, 5.74) is 3.98. The number of ether oxygens (including phenoxy) is 1. The third-order valence-corrected chi connectivity index (χ3v) is 6.34. The van der Waals surface area contributed by atoms with E-state index in [1.807, 2.05) is 30.3 Å². The highest BCUT2D eigenvalue weighted by molar-refractivity contribution is 6.06. The second-order valence-corrected chi connectivity index (χ2v) is 9.52. The van der Waals surface area contributed by atoms with Crippen molar-refractivity contribution in [3.05, 3.63) is 70.9 Å². The van der Waals surface area contributed by atoms with Gasteiger partial charge in [-0.2, -0.15) is 5.26 Å². The van der Waals surface area contributed by atoms with E-state index >= 15 is 0 Å². The summed E-state index contributed by atoms with van der Waals surface area (Å²) >= 11 is 0. The number of aryl methyl sites for hydroxylation is 1. The van der Waals surface area contributed by atoms with Gasteiger partial charge in [-0.25, -0.2) is 4.79 Å². The molecule has 0 fully saturated rings. The molecule has 4 rings (SSSR count). The first-order valence-corrected chi connectivity index (χ1v) is 11.1. The Labute approximate surface area is 193 Å². The van der Waals surface area contributed by atoms with E-state index in [9.17, 15) is 14.9 Å². The number of hydrogen-bond donors (Lipinski definition) is 1. The molecule has 0 spiro atoms. The Balaban J connectivity index is 1.60. The van der Waals surface area contributed by atoms with Gasteiger partial charge < -0.3 is 10.1 Å².